The molecule has 1 aromatic carbocycles. The van der Waals surface area contributed by atoms with E-state index in [-0.39, 0.29) is 12.8 Å². The average Bonchev–Trinajstić information content (AvgIpc) is 2.62. The summed E-state index contributed by atoms with van der Waals surface area (Å²) < 4.78 is 5.55. The van der Waals surface area contributed by atoms with E-state index in [1.165, 1.54) is 0 Å². The molecule has 26 heavy (non-hydrogen) atoms. The number of nitrogens with two attached hydrogens (primary N) is 1. The van der Waals surface area contributed by atoms with E-state index in [1.54, 1.807) is 6.07 Å². The molecule has 3 N–H and O–H groups in total. The first-order valence-electron chi connectivity index (χ1n) is 8.93. The molecule has 1 aliphatic heterocycles. The standard InChI is InChI=1S/C19H27N5O2/c1-3-4-8-26-13-22-19-18(14(2)21)23-17(25)12-24(19)11-16-7-5-6-15(9-16)10-20/h5-7,9,14,17,25H,3-4,8,11-13,21H2,1-2H3. The fraction of sp³-hybridized carbons (Fsp3) is 0.526. The lowest BCUT2D eigenvalue weighted by atomic mass is 10.1. The van der Waals surface area contributed by atoms with Crippen LogP contribution in [0.15, 0.2) is 34.3 Å². The molecule has 0 saturated heterocycles. The van der Waals surface area contributed by atoms with Gasteiger partial charge in [0.25, 0.3) is 0 Å². The van der Waals surface area contributed by atoms with Crippen LogP contribution in [0, 0.1) is 11.3 Å². The first-order chi connectivity index (χ1) is 12.5. The van der Waals surface area contributed by atoms with Crippen LogP contribution in [0.1, 0.15) is 37.8 Å². The number of β-amino-alcohol motifs (C(OH)–C–C–N with tert-alkyl or cyclic N) is 1. The second-order valence-electron chi connectivity index (χ2n) is 6.35. The zero-order valence-electron chi connectivity index (χ0n) is 15.4. The van der Waals surface area contributed by atoms with Crippen LogP contribution in [0.3, 0.4) is 0 Å². The van der Waals surface area contributed by atoms with E-state index in [1.807, 2.05) is 30.0 Å². The van der Waals surface area contributed by atoms with Gasteiger partial charge in [0, 0.05) is 19.2 Å². The Kier molecular flexibility index (Phi) is 7.73. The summed E-state index contributed by atoms with van der Waals surface area (Å²) in [6, 6.07) is 9.18. The van der Waals surface area contributed by atoms with Gasteiger partial charge in [-0.05, 0) is 31.0 Å². The van der Waals surface area contributed by atoms with Gasteiger partial charge < -0.3 is 20.5 Å². The second-order valence-corrected chi connectivity index (χ2v) is 6.35. The van der Waals surface area contributed by atoms with Crippen molar-refractivity contribution in [1.82, 2.24) is 4.90 Å². The fourth-order valence-corrected chi connectivity index (χ4v) is 2.72. The monoisotopic (exact) mass is 357 g/mol. The summed E-state index contributed by atoms with van der Waals surface area (Å²) in [6.07, 6.45) is 1.20. The van der Waals surface area contributed by atoms with Crippen LogP contribution in [-0.4, -0.2) is 53.7 Å². The second kappa shape index (κ2) is 10.0. The highest BCUT2D eigenvalue weighted by Gasteiger charge is 2.28. The Bertz CT molecular complexity index is 693. The van der Waals surface area contributed by atoms with Gasteiger partial charge in [-0.15, -0.1) is 0 Å². The quantitative estimate of drug-likeness (QED) is 0.688. The maximum absolute atomic E-state index is 10.1. The summed E-state index contributed by atoms with van der Waals surface area (Å²) in [7, 11) is 0. The van der Waals surface area contributed by atoms with Gasteiger partial charge in [-0.3, -0.25) is 4.99 Å². The Balaban J connectivity index is 2.21. The third kappa shape index (κ3) is 5.63. The number of unbranched alkanes of at least 4 members (excludes halogenated alkanes) is 1. The lowest BCUT2D eigenvalue weighted by molar-refractivity contribution is 0.131. The van der Waals surface area contributed by atoms with Crippen molar-refractivity contribution in [3.05, 3.63) is 35.4 Å². The Morgan fingerprint density at radius 3 is 3.04 bits per heavy atom. The molecule has 1 aliphatic rings. The van der Waals surface area contributed by atoms with Crippen molar-refractivity contribution in [1.29, 1.82) is 5.26 Å². The van der Waals surface area contributed by atoms with Crippen molar-refractivity contribution in [2.45, 2.75) is 45.5 Å². The van der Waals surface area contributed by atoms with Crippen LogP contribution in [0.2, 0.25) is 0 Å². The van der Waals surface area contributed by atoms with Gasteiger partial charge >= 0.3 is 0 Å². The number of hydrogen-bond acceptors (Lipinski definition) is 6. The molecule has 1 aromatic rings. The third-order valence-electron chi connectivity index (χ3n) is 4.01. The molecule has 7 nitrogen and oxygen atoms in total. The van der Waals surface area contributed by atoms with Crippen LogP contribution < -0.4 is 5.73 Å². The fourth-order valence-electron chi connectivity index (χ4n) is 2.72. The van der Waals surface area contributed by atoms with Crippen molar-refractivity contribution >= 4 is 11.5 Å². The molecular formula is C19H27N5O2. The summed E-state index contributed by atoms with van der Waals surface area (Å²) in [5.41, 5.74) is 8.17. The minimum atomic E-state index is -0.852. The van der Waals surface area contributed by atoms with E-state index in [4.69, 9.17) is 15.7 Å². The summed E-state index contributed by atoms with van der Waals surface area (Å²) in [5, 5.41) is 19.2. The van der Waals surface area contributed by atoms with Crippen LogP contribution in [0.5, 0.6) is 0 Å². The number of rotatable bonds is 8. The zero-order chi connectivity index (χ0) is 18.9. The number of amidine groups is 1. The maximum atomic E-state index is 10.1. The highest BCUT2D eigenvalue weighted by molar-refractivity contribution is 6.43. The molecule has 1 heterocycles. The van der Waals surface area contributed by atoms with E-state index >= 15 is 0 Å². The predicted molar refractivity (Wildman–Crippen MR) is 102 cm³/mol. The smallest absolute Gasteiger partial charge is 0.163 e. The highest BCUT2D eigenvalue weighted by atomic mass is 16.5. The summed E-state index contributed by atoms with van der Waals surface area (Å²) >= 11 is 0. The molecule has 2 rings (SSSR count). The third-order valence-corrected chi connectivity index (χ3v) is 4.01. The summed E-state index contributed by atoms with van der Waals surface area (Å²) in [4.78, 5) is 10.8. The number of nitriles is 1. The normalized spacial score (nSPS) is 20.0. The number of hydrogen-bond donors (Lipinski definition) is 2. The number of benzene rings is 1. The zero-order valence-corrected chi connectivity index (χ0v) is 15.4. The maximum Gasteiger partial charge on any atom is 0.163 e. The van der Waals surface area contributed by atoms with Gasteiger partial charge in [0.1, 0.15) is 12.6 Å². The number of aliphatic hydroxyl groups excluding tert-OH is 1. The van der Waals surface area contributed by atoms with Crippen molar-refractivity contribution in [3.8, 4) is 6.07 Å². The average molecular weight is 357 g/mol. The molecule has 0 fully saturated rings. The van der Waals surface area contributed by atoms with E-state index in [2.05, 4.69) is 23.0 Å². The highest BCUT2D eigenvalue weighted by Crippen LogP contribution is 2.15. The minimum absolute atomic E-state index is 0.228. The van der Waals surface area contributed by atoms with Gasteiger partial charge in [-0.2, -0.15) is 5.26 Å². The Morgan fingerprint density at radius 2 is 2.35 bits per heavy atom. The Morgan fingerprint density at radius 1 is 1.54 bits per heavy atom. The van der Waals surface area contributed by atoms with E-state index < -0.39 is 6.23 Å². The Hall–Kier alpha value is -2.27. The molecule has 0 bridgehead atoms. The summed E-state index contributed by atoms with van der Waals surface area (Å²) in [5.74, 6) is 0.643. The molecule has 0 amide bonds. The molecule has 0 aromatic heterocycles. The molecule has 2 atom stereocenters. The molecule has 0 radical (unpaired) electrons. The molecular weight excluding hydrogens is 330 g/mol. The van der Waals surface area contributed by atoms with Gasteiger partial charge in [-0.25, -0.2) is 4.99 Å². The molecule has 0 aliphatic carbocycles. The van der Waals surface area contributed by atoms with Crippen molar-refractivity contribution < 1.29 is 9.84 Å². The largest absolute Gasteiger partial charge is 0.370 e. The van der Waals surface area contributed by atoms with Crippen LogP contribution >= 0.6 is 0 Å². The van der Waals surface area contributed by atoms with Gasteiger partial charge in [0.15, 0.2) is 6.23 Å². The first-order valence-corrected chi connectivity index (χ1v) is 8.93. The van der Waals surface area contributed by atoms with Gasteiger partial charge in [0.2, 0.25) is 0 Å². The number of aliphatic imine (C=N–C) groups is 2. The van der Waals surface area contributed by atoms with Crippen molar-refractivity contribution in [2.75, 3.05) is 19.9 Å². The van der Waals surface area contributed by atoms with E-state index in [0.717, 1.165) is 18.4 Å². The number of ether oxygens (including phenoxy) is 1. The summed E-state index contributed by atoms with van der Waals surface area (Å²) in [6.45, 7) is 5.64. The van der Waals surface area contributed by atoms with Crippen molar-refractivity contribution in [2.24, 2.45) is 15.7 Å². The van der Waals surface area contributed by atoms with Gasteiger partial charge in [-0.1, -0.05) is 25.5 Å². The van der Waals surface area contributed by atoms with E-state index in [0.29, 0.717) is 36.8 Å². The van der Waals surface area contributed by atoms with Crippen molar-refractivity contribution in [3.63, 3.8) is 0 Å². The number of aliphatic hydroxyl groups is 1. The molecule has 0 saturated carbocycles. The lowest BCUT2D eigenvalue weighted by Crippen LogP contribution is -2.50. The van der Waals surface area contributed by atoms with E-state index in [9.17, 15) is 5.11 Å². The predicted octanol–water partition coefficient (Wildman–Crippen LogP) is 1.65. The molecule has 140 valence electrons. The van der Waals surface area contributed by atoms with Crippen LogP contribution in [-0.2, 0) is 11.3 Å². The van der Waals surface area contributed by atoms with Gasteiger partial charge in [0.05, 0.1) is 23.9 Å². The van der Waals surface area contributed by atoms with Crippen LogP contribution in [0.4, 0.5) is 0 Å². The molecule has 0 spiro atoms. The lowest BCUT2D eigenvalue weighted by Gasteiger charge is -2.33. The number of nitrogens with zero attached hydrogens (tertiary/aromatic N) is 4. The topological polar surface area (TPSA) is 107 Å². The molecule has 7 heteroatoms. The first kappa shape index (κ1) is 20.0. The minimum Gasteiger partial charge on any atom is -0.370 e. The Labute approximate surface area is 154 Å². The van der Waals surface area contributed by atoms with Crippen LogP contribution in [0.25, 0.3) is 0 Å². The molecule has 2 unspecified atom stereocenters. The SMILES string of the molecule is CCCCOCN=C1C(C(C)N)=NC(O)CN1Cc1cccc(C#N)c1.